The van der Waals surface area contributed by atoms with Crippen LogP contribution in [-0.4, -0.2) is 0 Å². The summed E-state index contributed by atoms with van der Waals surface area (Å²) in [6.45, 7) is 0. The molecule has 0 aliphatic heterocycles. The third kappa shape index (κ3) is 0.860. The standard InChI is InChI=1S/C10H9/c1-2-6-9(5-1)10-7-3-4-8-10/h1-3,5-7,9H,4H2. The molecule has 1 radical (unpaired) electrons. The maximum Gasteiger partial charge on any atom is 0.0207 e. The van der Waals surface area contributed by atoms with Gasteiger partial charge in [0.25, 0.3) is 0 Å². The van der Waals surface area contributed by atoms with Gasteiger partial charge in [0, 0.05) is 5.92 Å². The van der Waals surface area contributed by atoms with E-state index in [-0.39, 0.29) is 0 Å². The molecule has 0 saturated carbocycles. The van der Waals surface area contributed by atoms with Crippen molar-refractivity contribution in [2.24, 2.45) is 5.92 Å². The number of rotatable bonds is 1. The molecule has 49 valence electrons. The number of hydrogen-bond donors (Lipinski definition) is 0. The summed E-state index contributed by atoms with van der Waals surface area (Å²) in [6.07, 6.45) is 17.2. The van der Waals surface area contributed by atoms with Gasteiger partial charge < -0.3 is 0 Å². The lowest BCUT2D eigenvalue weighted by Crippen LogP contribution is -1.89. The highest BCUT2D eigenvalue weighted by Gasteiger charge is 2.08. The van der Waals surface area contributed by atoms with E-state index in [9.17, 15) is 0 Å². The molecule has 0 amide bonds. The summed E-state index contributed by atoms with van der Waals surface area (Å²) in [4.78, 5) is 0. The van der Waals surface area contributed by atoms with Crippen LogP contribution in [0.5, 0.6) is 0 Å². The van der Waals surface area contributed by atoms with Gasteiger partial charge in [0.05, 0.1) is 0 Å². The fourth-order valence-corrected chi connectivity index (χ4v) is 1.29. The molecule has 2 aliphatic rings. The molecule has 0 bridgehead atoms. The molecule has 10 heavy (non-hydrogen) atoms. The van der Waals surface area contributed by atoms with Crippen molar-refractivity contribution < 1.29 is 0 Å². The monoisotopic (exact) mass is 129 g/mol. The van der Waals surface area contributed by atoms with Gasteiger partial charge in [-0.1, -0.05) is 36.5 Å². The summed E-state index contributed by atoms with van der Waals surface area (Å²) in [5.41, 5.74) is 1.32. The second kappa shape index (κ2) is 2.30. The van der Waals surface area contributed by atoms with Crippen molar-refractivity contribution in [3.8, 4) is 0 Å². The van der Waals surface area contributed by atoms with Crippen LogP contribution < -0.4 is 0 Å². The molecule has 0 aromatic heterocycles. The Hall–Kier alpha value is -1.04. The Morgan fingerprint density at radius 3 is 2.70 bits per heavy atom. The lowest BCUT2D eigenvalue weighted by Gasteiger charge is -2.01. The summed E-state index contributed by atoms with van der Waals surface area (Å²) in [5, 5.41) is 0. The van der Waals surface area contributed by atoms with Crippen molar-refractivity contribution in [1.29, 1.82) is 0 Å². The van der Waals surface area contributed by atoms with Crippen molar-refractivity contribution in [3.05, 3.63) is 48.1 Å². The third-order valence-corrected chi connectivity index (χ3v) is 1.83. The molecule has 0 nitrogen and oxygen atoms in total. The molecule has 0 fully saturated rings. The lowest BCUT2D eigenvalue weighted by molar-refractivity contribution is 1.02. The Bertz CT molecular complexity index is 227. The predicted molar refractivity (Wildman–Crippen MR) is 42.3 cm³/mol. The van der Waals surface area contributed by atoms with Crippen molar-refractivity contribution in [3.63, 3.8) is 0 Å². The minimum atomic E-state index is 0.513. The highest BCUT2D eigenvalue weighted by Crippen LogP contribution is 2.23. The normalized spacial score (nSPS) is 22.6. The smallest absolute Gasteiger partial charge is 0.0207 e. The molecule has 0 heteroatoms. The fraction of sp³-hybridized carbons (Fsp3) is 0.200. The SMILES string of the molecule is [C]1=C(C2C=CC=C2)C=CC1. The predicted octanol–water partition coefficient (Wildman–Crippen LogP) is 2.42. The summed E-state index contributed by atoms with van der Waals surface area (Å²) < 4.78 is 0. The third-order valence-electron chi connectivity index (χ3n) is 1.83. The first kappa shape index (κ1) is 5.72. The molecule has 0 aromatic carbocycles. The van der Waals surface area contributed by atoms with E-state index in [0.29, 0.717) is 5.92 Å². The highest BCUT2D eigenvalue weighted by molar-refractivity contribution is 5.36. The van der Waals surface area contributed by atoms with E-state index in [1.807, 2.05) is 0 Å². The van der Waals surface area contributed by atoms with E-state index in [1.54, 1.807) is 0 Å². The Morgan fingerprint density at radius 2 is 2.10 bits per heavy atom. The first-order valence-electron chi connectivity index (χ1n) is 3.59. The highest BCUT2D eigenvalue weighted by atomic mass is 14.1. The van der Waals surface area contributed by atoms with Crippen molar-refractivity contribution in [2.45, 2.75) is 6.42 Å². The molecular formula is C10H9. The van der Waals surface area contributed by atoms with Gasteiger partial charge in [0.15, 0.2) is 0 Å². The van der Waals surface area contributed by atoms with Gasteiger partial charge in [-0.3, -0.25) is 0 Å². The number of hydrogen-bond acceptors (Lipinski definition) is 0. The van der Waals surface area contributed by atoms with E-state index in [2.05, 4.69) is 42.5 Å². The Morgan fingerprint density at radius 1 is 1.30 bits per heavy atom. The van der Waals surface area contributed by atoms with Crippen LogP contribution in [0, 0.1) is 12.0 Å². The van der Waals surface area contributed by atoms with E-state index in [4.69, 9.17) is 0 Å². The summed E-state index contributed by atoms with van der Waals surface area (Å²) >= 11 is 0. The van der Waals surface area contributed by atoms with Crippen molar-refractivity contribution in [2.75, 3.05) is 0 Å². The molecular weight excluding hydrogens is 120 g/mol. The maximum absolute atomic E-state index is 3.30. The van der Waals surface area contributed by atoms with Gasteiger partial charge >= 0.3 is 0 Å². The van der Waals surface area contributed by atoms with Gasteiger partial charge in [-0.05, 0) is 18.1 Å². The molecule has 0 heterocycles. The van der Waals surface area contributed by atoms with Gasteiger partial charge in [-0.2, -0.15) is 0 Å². The van der Waals surface area contributed by atoms with E-state index in [0.717, 1.165) is 6.42 Å². The van der Waals surface area contributed by atoms with Crippen LogP contribution in [0.4, 0.5) is 0 Å². The van der Waals surface area contributed by atoms with Gasteiger partial charge in [0.2, 0.25) is 0 Å². The minimum absolute atomic E-state index is 0.513. The first-order valence-corrected chi connectivity index (χ1v) is 3.59. The first-order chi connectivity index (χ1) is 4.97. The fourth-order valence-electron chi connectivity index (χ4n) is 1.29. The molecule has 0 atom stereocenters. The van der Waals surface area contributed by atoms with Crippen LogP contribution in [0.15, 0.2) is 42.0 Å². The van der Waals surface area contributed by atoms with Crippen LogP contribution in [0.25, 0.3) is 0 Å². The zero-order valence-electron chi connectivity index (χ0n) is 5.75. The summed E-state index contributed by atoms with van der Waals surface area (Å²) in [6, 6.07) is 0. The Balaban J connectivity index is 2.19. The quantitative estimate of drug-likeness (QED) is 0.510. The zero-order valence-corrected chi connectivity index (χ0v) is 5.75. The second-order valence-electron chi connectivity index (χ2n) is 2.53. The van der Waals surface area contributed by atoms with Gasteiger partial charge in [-0.25, -0.2) is 0 Å². The zero-order chi connectivity index (χ0) is 6.81. The summed E-state index contributed by atoms with van der Waals surface area (Å²) in [5.74, 6) is 0.513. The average molecular weight is 129 g/mol. The molecule has 0 aromatic rings. The van der Waals surface area contributed by atoms with Crippen LogP contribution >= 0.6 is 0 Å². The van der Waals surface area contributed by atoms with Gasteiger partial charge in [0.1, 0.15) is 0 Å². The van der Waals surface area contributed by atoms with Crippen molar-refractivity contribution in [1.82, 2.24) is 0 Å². The van der Waals surface area contributed by atoms with E-state index < -0.39 is 0 Å². The van der Waals surface area contributed by atoms with Crippen LogP contribution in [0.3, 0.4) is 0 Å². The van der Waals surface area contributed by atoms with E-state index >= 15 is 0 Å². The topological polar surface area (TPSA) is 0 Å². The van der Waals surface area contributed by atoms with E-state index in [1.165, 1.54) is 5.57 Å². The molecule has 2 aliphatic carbocycles. The van der Waals surface area contributed by atoms with Crippen LogP contribution in [-0.2, 0) is 0 Å². The minimum Gasteiger partial charge on any atom is -0.0798 e. The maximum atomic E-state index is 3.30. The molecule has 0 N–H and O–H groups in total. The molecule has 0 saturated heterocycles. The molecule has 0 spiro atoms. The summed E-state index contributed by atoms with van der Waals surface area (Å²) in [7, 11) is 0. The van der Waals surface area contributed by atoms with Crippen LogP contribution in [0.1, 0.15) is 6.42 Å². The molecule has 2 rings (SSSR count). The lowest BCUT2D eigenvalue weighted by atomic mass is 10.0. The van der Waals surface area contributed by atoms with Crippen molar-refractivity contribution >= 4 is 0 Å². The second-order valence-corrected chi connectivity index (χ2v) is 2.53. The largest absolute Gasteiger partial charge is 0.0798 e. The van der Waals surface area contributed by atoms with Crippen LogP contribution in [0.2, 0.25) is 0 Å². The Kier molecular flexibility index (Phi) is 1.31. The van der Waals surface area contributed by atoms with Gasteiger partial charge in [-0.15, -0.1) is 0 Å². The average Bonchev–Trinajstić information content (AvgIpc) is 2.59. The number of allylic oxidation sites excluding steroid dienone is 8. The molecule has 0 unspecified atom stereocenters. The Labute approximate surface area is 61.3 Å².